The van der Waals surface area contributed by atoms with E-state index in [1.165, 1.54) is 0 Å². The van der Waals surface area contributed by atoms with Crippen molar-refractivity contribution in [3.63, 3.8) is 0 Å². The summed E-state index contributed by atoms with van der Waals surface area (Å²) < 4.78 is 5.96. The summed E-state index contributed by atoms with van der Waals surface area (Å²) in [5.74, 6) is 0.900. The van der Waals surface area contributed by atoms with Crippen molar-refractivity contribution in [1.29, 1.82) is 0 Å². The van der Waals surface area contributed by atoms with E-state index in [9.17, 15) is 0 Å². The minimum absolute atomic E-state index is 0.182. The van der Waals surface area contributed by atoms with Crippen LogP contribution >= 0.6 is 0 Å². The van der Waals surface area contributed by atoms with Crippen LogP contribution in [0.5, 0.6) is 5.75 Å². The van der Waals surface area contributed by atoms with Gasteiger partial charge in [0.25, 0.3) is 0 Å². The van der Waals surface area contributed by atoms with Crippen molar-refractivity contribution >= 4 is 11.4 Å². The van der Waals surface area contributed by atoms with Crippen LogP contribution in [-0.4, -0.2) is 18.7 Å². The monoisotopic (exact) mass is 232 g/mol. The molecule has 1 aromatic rings. The maximum absolute atomic E-state index is 5.96. The first-order valence-corrected chi connectivity index (χ1v) is 5.85. The van der Waals surface area contributed by atoms with E-state index in [4.69, 9.17) is 10.5 Å². The molecule has 1 aliphatic heterocycles. The topological polar surface area (TPSA) is 38.5 Å². The summed E-state index contributed by atoms with van der Waals surface area (Å²) in [6, 6.07) is 5.78. The minimum Gasteiger partial charge on any atom is -0.484 e. The molecule has 3 heteroatoms. The maximum Gasteiger partial charge on any atom is 0.143 e. The second-order valence-electron chi connectivity index (χ2n) is 5.40. The van der Waals surface area contributed by atoms with Crippen LogP contribution in [0.3, 0.4) is 0 Å². The van der Waals surface area contributed by atoms with Crippen molar-refractivity contribution in [2.45, 2.75) is 26.4 Å². The number of anilines is 2. The molecular formula is C14H20N2O. The number of hydrogen-bond acceptors (Lipinski definition) is 3. The summed E-state index contributed by atoms with van der Waals surface area (Å²) >= 11 is 0. The summed E-state index contributed by atoms with van der Waals surface area (Å²) in [6.07, 6.45) is 0. The average Bonchev–Trinajstić information content (AvgIpc) is 2.17. The molecule has 17 heavy (non-hydrogen) atoms. The van der Waals surface area contributed by atoms with Crippen LogP contribution < -0.4 is 15.4 Å². The fraction of sp³-hybridized carbons (Fsp3) is 0.429. The fourth-order valence-corrected chi connectivity index (χ4v) is 2.21. The zero-order valence-electron chi connectivity index (χ0n) is 10.8. The third kappa shape index (κ3) is 2.54. The van der Waals surface area contributed by atoms with Crippen LogP contribution in [0.25, 0.3) is 0 Å². The third-order valence-corrected chi connectivity index (χ3v) is 2.74. The maximum atomic E-state index is 5.96. The van der Waals surface area contributed by atoms with Gasteiger partial charge >= 0.3 is 0 Å². The normalized spacial score (nSPS) is 17.2. The van der Waals surface area contributed by atoms with E-state index < -0.39 is 0 Å². The summed E-state index contributed by atoms with van der Waals surface area (Å²) in [5.41, 5.74) is 8.62. The molecule has 1 aliphatic rings. The second-order valence-corrected chi connectivity index (χ2v) is 5.40. The van der Waals surface area contributed by atoms with Crippen LogP contribution in [0.2, 0.25) is 0 Å². The van der Waals surface area contributed by atoms with Gasteiger partial charge in [-0.3, -0.25) is 0 Å². The van der Waals surface area contributed by atoms with E-state index >= 15 is 0 Å². The second kappa shape index (κ2) is 3.99. The van der Waals surface area contributed by atoms with Crippen LogP contribution in [0.4, 0.5) is 11.4 Å². The Morgan fingerprint density at radius 1 is 1.53 bits per heavy atom. The van der Waals surface area contributed by atoms with Gasteiger partial charge < -0.3 is 15.4 Å². The van der Waals surface area contributed by atoms with Gasteiger partial charge in [-0.2, -0.15) is 0 Å². The molecule has 0 radical (unpaired) electrons. The van der Waals surface area contributed by atoms with Gasteiger partial charge in [0.15, 0.2) is 0 Å². The number of rotatable bonds is 2. The molecule has 0 fully saturated rings. The summed E-state index contributed by atoms with van der Waals surface area (Å²) in [7, 11) is 0. The summed E-state index contributed by atoms with van der Waals surface area (Å²) in [4.78, 5) is 2.28. The van der Waals surface area contributed by atoms with Gasteiger partial charge in [-0.15, -0.1) is 0 Å². The number of nitrogens with zero attached hydrogens (tertiary/aromatic N) is 1. The fourth-order valence-electron chi connectivity index (χ4n) is 2.21. The largest absolute Gasteiger partial charge is 0.484 e. The molecule has 0 aliphatic carbocycles. The van der Waals surface area contributed by atoms with Gasteiger partial charge in [0, 0.05) is 12.2 Å². The van der Waals surface area contributed by atoms with E-state index in [1.54, 1.807) is 0 Å². The Hall–Kier alpha value is -1.64. The predicted octanol–water partition coefficient (Wildman–Crippen LogP) is 2.82. The van der Waals surface area contributed by atoms with Gasteiger partial charge in [-0.25, -0.2) is 0 Å². The molecule has 0 saturated carbocycles. The first-order chi connectivity index (χ1) is 7.87. The molecule has 2 N–H and O–H groups in total. The first kappa shape index (κ1) is 11.8. The molecule has 0 unspecified atom stereocenters. The zero-order valence-corrected chi connectivity index (χ0v) is 10.8. The van der Waals surface area contributed by atoms with E-state index in [0.717, 1.165) is 35.8 Å². The van der Waals surface area contributed by atoms with Gasteiger partial charge in [0.2, 0.25) is 0 Å². The molecule has 3 nitrogen and oxygen atoms in total. The number of hydrogen-bond donors (Lipinski definition) is 1. The average molecular weight is 232 g/mol. The Balaban J connectivity index is 2.40. The summed E-state index contributed by atoms with van der Waals surface area (Å²) in [6.45, 7) is 11.9. The molecule has 1 aromatic carbocycles. The van der Waals surface area contributed by atoms with Crippen molar-refractivity contribution in [2.24, 2.45) is 0 Å². The van der Waals surface area contributed by atoms with Crippen molar-refractivity contribution in [2.75, 3.05) is 23.7 Å². The third-order valence-electron chi connectivity index (χ3n) is 2.74. The highest BCUT2D eigenvalue weighted by atomic mass is 16.5. The molecule has 1 heterocycles. The lowest BCUT2D eigenvalue weighted by molar-refractivity contribution is 0.106. The van der Waals surface area contributed by atoms with Crippen molar-refractivity contribution in [3.05, 3.63) is 30.4 Å². The standard InChI is InChI=1S/C14H20N2O/c1-10(2)8-16-9-14(3,4)17-13-6-5-11(15)7-12(13)16/h5-7H,1,8-9,15H2,2-4H3. The molecule has 0 atom stereocenters. The Morgan fingerprint density at radius 3 is 2.88 bits per heavy atom. The molecule has 2 rings (SSSR count). The lowest BCUT2D eigenvalue weighted by Crippen LogP contribution is -2.47. The first-order valence-electron chi connectivity index (χ1n) is 5.85. The van der Waals surface area contributed by atoms with Crippen molar-refractivity contribution in [3.8, 4) is 5.75 Å². The highest BCUT2D eigenvalue weighted by Gasteiger charge is 2.31. The van der Waals surface area contributed by atoms with Gasteiger partial charge in [-0.05, 0) is 39.0 Å². The van der Waals surface area contributed by atoms with E-state index in [1.807, 2.05) is 25.1 Å². The Labute approximate surface area is 103 Å². The van der Waals surface area contributed by atoms with Crippen LogP contribution in [0.15, 0.2) is 30.4 Å². The number of benzene rings is 1. The molecule has 0 bridgehead atoms. The predicted molar refractivity (Wildman–Crippen MR) is 72.6 cm³/mol. The number of nitrogens with two attached hydrogens (primary N) is 1. The Morgan fingerprint density at radius 2 is 2.24 bits per heavy atom. The van der Waals surface area contributed by atoms with Crippen LogP contribution in [0.1, 0.15) is 20.8 Å². The minimum atomic E-state index is -0.182. The number of fused-ring (bicyclic) bond motifs is 1. The zero-order chi connectivity index (χ0) is 12.6. The highest BCUT2D eigenvalue weighted by molar-refractivity contribution is 5.67. The lowest BCUT2D eigenvalue weighted by atomic mass is 10.0. The van der Waals surface area contributed by atoms with Gasteiger partial charge in [-0.1, -0.05) is 12.2 Å². The molecule has 92 valence electrons. The van der Waals surface area contributed by atoms with Crippen LogP contribution in [0, 0.1) is 0 Å². The summed E-state index contributed by atoms with van der Waals surface area (Å²) in [5, 5.41) is 0. The molecule has 0 saturated heterocycles. The smallest absolute Gasteiger partial charge is 0.143 e. The number of ether oxygens (including phenoxy) is 1. The molecule has 0 spiro atoms. The highest BCUT2D eigenvalue weighted by Crippen LogP contribution is 2.38. The van der Waals surface area contributed by atoms with Gasteiger partial charge in [0.1, 0.15) is 11.4 Å². The Kier molecular flexibility index (Phi) is 2.77. The molecular weight excluding hydrogens is 212 g/mol. The van der Waals surface area contributed by atoms with Crippen LogP contribution in [-0.2, 0) is 0 Å². The van der Waals surface area contributed by atoms with Crippen molar-refractivity contribution in [1.82, 2.24) is 0 Å². The lowest BCUT2D eigenvalue weighted by Gasteiger charge is -2.41. The van der Waals surface area contributed by atoms with E-state index in [0.29, 0.717) is 0 Å². The number of nitrogen functional groups attached to an aromatic ring is 1. The Bertz CT molecular complexity index is 452. The quantitative estimate of drug-likeness (QED) is 0.629. The van der Waals surface area contributed by atoms with Crippen molar-refractivity contribution < 1.29 is 4.74 Å². The molecule has 0 aromatic heterocycles. The van der Waals surface area contributed by atoms with Gasteiger partial charge in [0.05, 0.1) is 12.2 Å². The van der Waals surface area contributed by atoms with E-state index in [-0.39, 0.29) is 5.60 Å². The SMILES string of the molecule is C=C(C)CN1CC(C)(C)Oc2ccc(N)cc21. The molecule has 0 amide bonds. The van der Waals surface area contributed by atoms with E-state index in [2.05, 4.69) is 25.3 Å².